The number of thiazole rings is 1. The van der Waals surface area contributed by atoms with Crippen molar-refractivity contribution in [2.75, 3.05) is 19.6 Å². The average molecular weight is 360 g/mol. The van der Waals surface area contributed by atoms with Crippen LogP contribution in [0.25, 0.3) is 0 Å². The molecule has 1 aromatic heterocycles. The van der Waals surface area contributed by atoms with Crippen molar-refractivity contribution in [1.82, 2.24) is 15.6 Å². The normalized spacial score (nSPS) is 14.3. The lowest BCUT2D eigenvalue weighted by atomic mass is 10.1. The number of hydrogen-bond donors (Lipinski definition) is 2. The van der Waals surface area contributed by atoms with Crippen molar-refractivity contribution in [2.24, 2.45) is 0 Å². The molecule has 2 heterocycles. The van der Waals surface area contributed by atoms with Gasteiger partial charge >= 0.3 is 0 Å². The second kappa shape index (κ2) is 8.46. The van der Waals surface area contributed by atoms with Gasteiger partial charge in [0.2, 0.25) is 0 Å². The summed E-state index contributed by atoms with van der Waals surface area (Å²) in [6.45, 7) is 4.55. The van der Waals surface area contributed by atoms with Crippen LogP contribution in [-0.2, 0) is 5.75 Å². The molecule has 0 bridgehead atoms. The van der Waals surface area contributed by atoms with Gasteiger partial charge in [-0.3, -0.25) is 4.79 Å². The van der Waals surface area contributed by atoms with Crippen molar-refractivity contribution in [3.8, 4) is 0 Å². The Kier molecular flexibility index (Phi) is 6.07. The van der Waals surface area contributed by atoms with E-state index in [1.54, 1.807) is 23.1 Å². The van der Waals surface area contributed by atoms with E-state index in [9.17, 15) is 4.79 Å². The summed E-state index contributed by atoms with van der Waals surface area (Å²) in [7, 11) is 0. The second-order valence-corrected chi connectivity index (χ2v) is 7.78. The molecule has 0 unspecified atom stereocenters. The minimum absolute atomic E-state index is 0.0129. The van der Waals surface area contributed by atoms with Crippen molar-refractivity contribution in [3.05, 3.63) is 57.6 Å². The van der Waals surface area contributed by atoms with E-state index in [0.29, 0.717) is 12.1 Å². The molecule has 1 aliphatic heterocycles. The molecule has 0 fully saturated rings. The van der Waals surface area contributed by atoms with Gasteiger partial charge in [0.05, 0.1) is 10.7 Å². The molecule has 0 atom stereocenters. The Hall–Kier alpha value is -1.63. The molecule has 3 rings (SSSR count). The Morgan fingerprint density at radius 3 is 2.88 bits per heavy atom. The molecule has 0 spiro atoms. The standard InChI is InChI=1S/C18H21N3OS2/c1-13-21-16(11-23-13)12-24-17-4-2-15(3-5-17)18(22)20-10-14-6-8-19-9-7-14/h2-6,11,19H,7-10,12H2,1H3,(H,20,22). The molecule has 6 heteroatoms. The predicted octanol–water partition coefficient (Wildman–Crippen LogP) is 3.39. The van der Waals surface area contributed by atoms with Crippen LogP contribution in [0.1, 0.15) is 27.5 Å². The number of benzene rings is 1. The molecular formula is C18H21N3OS2. The van der Waals surface area contributed by atoms with Crippen LogP contribution in [-0.4, -0.2) is 30.5 Å². The molecule has 1 aliphatic rings. The Bertz CT molecular complexity index is 722. The van der Waals surface area contributed by atoms with Crippen LogP contribution >= 0.6 is 23.1 Å². The van der Waals surface area contributed by atoms with Gasteiger partial charge in [-0.25, -0.2) is 4.98 Å². The zero-order valence-electron chi connectivity index (χ0n) is 13.7. The van der Waals surface area contributed by atoms with Crippen LogP contribution in [0.5, 0.6) is 0 Å². The summed E-state index contributed by atoms with van der Waals surface area (Å²) in [5, 5.41) is 9.46. The quantitative estimate of drug-likeness (QED) is 0.613. The third-order valence-electron chi connectivity index (χ3n) is 3.80. The van der Waals surface area contributed by atoms with Crippen LogP contribution in [0.3, 0.4) is 0 Å². The number of thioether (sulfide) groups is 1. The first kappa shape index (κ1) is 17.2. The summed E-state index contributed by atoms with van der Waals surface area (Å²) >= 11 is 3.42. The maximum absolute atomic E-state index is 12.2. The van der Waals surface area contributed by atoms with E-state index < -0.39 is 0 Å². The molecule has 24 heavy (non-hydrogen) atoms. The lowest BCUT2D eigenvalue weighted by Gasteiger charge is -2.14. The van der Waals surface area contributed by atoms with Crippen LogP contribution < -0.4 is 10.6 Å². The first-order valence-corrected chi connectivity index (χ1v) is 9.88. The highest BCUT2D eigenvalue weighted by Crippen LogP contribution is 2.23. The maximum atomic E-state index is 12.2. The summed E-state index contributed by atoms with van der Waals surface area (Å²) in [4.78, 5) is 17.8. The van der Waals surface area contributed by atoms with E-state index in [1.807, 2.05) is 31.2 Å². The Morgan fingerprint density at radius 2 is 2.21 bits per heavy atom. The van der Waals surface area contributed by atoms with Crippen molar-refractivity contribution < 1.29 is 4.79 Å². The number of rotatable bonds is 6. The smallest absolute Gasteiger partial charge is 0.251 e. The number of carbonyl (C=O) groups is 1. The molecule has 0 aliphatic carbocycles. The van der Waals surface area contributed by atoms with Crippen molar-refractivity contribution in [1.29, 1.82) is 0 Å². The highest BCUT2D eigenvalue weighted by Gasteiger charge is 2.08. The summed E-state index contributed by atoms with van der Waals surface area (Å²) in [6.07, 6.45) is 3.16. The number of aromatic nitrogens is 1. The minimum atomic E-state index is -0.0129. The monoisotopic (exact) mass is 359 g/mol. The number of amides is 1. The van der Waals surface area contributed by atoms with Gasteiger partial charge in [0.1, 0.15) is 0 Å². The number of aryl methyl sites for hydroxylation is 1. The minimum Gasteiger partial charge on any atom is -0.348 e. The van der Waals surface area contributed by atoms with Gasteiger partial charge in [-0.15, -0.1) is 23.1 Å². The van der Waals surface area contributed by atoms with Crippen molar-refractivity contribution >= 4 is 29.0 Å². The average Bonchev–Trinajstić information content (AvgIpc) is 3.04. The molecule has 1 amide bonds. The van der Waals surface area contributed by atoms with E-state index >= 15 is 0 Å². The number of nitrogens with one attached hydrogen (secondary N) is 2. The summed E-state index contributed by atoms with van der Waals surface area (Å²) < 4.78 is 0. The van der Waals surface area contributed by atoms with Gasteiger partial charge in [0, 0.05) is 34.7 Å². The lowest BCUT2D eigenvalue weighted by molar-refractivity contribution is 0.0956. The largest absolute Gasteiger partial charge is 0.348 e. The molecule has 1 aromatic carbocycles. The van der Waals surface area contributed by atoms with Gasteiger partial charge in [0.15, 0.2) is 0 Å². The molecular weight excluding hydrogens is 338 g/mol. The lowest BCUT2D eigenvalue weighted by Crippen LogP contribution is -2.29. The van der Waals surface area contributed by atoms with Gasteiger partial charge in [0.25, 0.3) is 5.91 Å². The highest BCUT2D eigenvalue weighted by molar-refractivity contribution is 7.98. The van der Waals surface area contributed by atoms with Gasteiger partial charge in [-0.1, -0.05) is 11.6 Å². The first-order chi connectivity index (χ1) is 11.7. The Labute approximate surface area is 150 Å². The number of hydrogen-bond acceptors (Lipinski definition) is 5. The molecule has 126 valence electrons. The van der Waals surface area contributed by atoms with E-state index in [-0.39, 0.29) is 5.91 Å². The molecule has 0 saturated carbocycles. The van der Waals surface area contributed by atoms with E-state index in [1.165, 1.54) is 5.57 Å². The SMILES string of the molecule is Cc1nc(CSc2ccc(C(=O)NCC3=CCNCC3)cc2)cs1. The number of nitrogens with zero attached hydrogens (tertiary/aromatic N) is 1. The zero-order chi connectivity index (χ0) is 16.8. The molecule has 2 aromatic rings. The van der Waals surface area contributed by atoms with Crippen LogP contribution in [0.2, 0.25) is 0 Å². The number of carbonyl (C=O) groups excluding carboxylic acids is 1. The summed E-state index contributed by atoms with van der Waals surface area (Å²) in [5.41, 5.74) is 3.12. The predicted molar refractivity (Wildman–Crippen MR) is 101 cm³/mol. The summed E-state index contributed by atoms with van der Waals surface area (Å²) in [6, 6.07) is 7.78. The molecule has 4 nitrogen and oxygen atoms in total. The molecule has 0 saturated heterocycles. The topological polar surface area (TPSA) is 54.0 Å². The van der Waals surface area contributed by atoms with E-state index in [4.69, 9.17) is 0 Å². The Morgan fingerprint density at radius 1 is 1.38 bits per heavy atom. The van der Waals surface area contributed by atoms with Crippen molar-refractivity contribution in [2.45, 2.75) is 24.0 Å². The fourth-order valence-corrected chi connectivity index (χ4v) is 3.97. The van der Waals surface area contributed by atoms with Crippen LogP contribution in [0.4, 0.5) is 0 Å². The van der Waals surface area contributed by atoms with Crippen LogP contribution in [0, 0.1) is 6.92 Å². The zero-order valence-corrected chi connectivity index (χ0v) is 15.3. The van der Waals surface area contributed by atoms with Crippen LogP contribution in [0.15, 0.2) is 46.2 Å². The van der Waals surface area contributed by atoms with E-state index in [0.717, 1.165) is 40.9 Å². The third-order valence-corrected chi connectivity index (χ3v) is 5.67. The van der Waals surface area contributed by atoms with Gasteiger partial charge in [-0.2, -0.15) is 0 Å². The molecule has 2 N–H and O–H groups in total. The highest BCUT2D eigenvalue weighted by atomic mass is 32.2. The van der Waals surface area contributed by atoms with Gasteiger partial charge < -0.3 is 10.6 Å². The third kappa shape index (κ3) is 4.93. The fraction of sp³-hybridized carbons (Fsp3) is 0.333. The second-order valence-electron chi connectivity index (χ2n) is 5.67. The van der Waals surface area contributed by atoms with E-state index in [2.05, 4.69) is 27.1 Å². The van der Waals surface area contributed by atoms with Crippen molar-refractivity contribution in [3.63, 3.8) is 0 Å². The summed E-state index contributed by atoms with van der Waals surface area (Å²) in [5.74, 6) is 0.846. The van der Waals surface area contributed by atoms with Gasteiger partial charge in [-0.05, 0) is 44.2 Å². The molecule has 0 radical (unpaired) electrons. The Balaban J connectivity index is 1.49. The first-order valence-electron chi connectivity index (χ1n) is 8.01. The fourth-order valence-electron chi connectivity index (χ4n) is 2.46. The maximum Gasteiger partial charge on any atom is 0.251 e.